The molecule has 0 bridgehead atoms. The van der Waals surface area contributed by atoms with Crippen LogP contribution >= 0.6 is 11.6 Å². The second-order valence-electron chi connectivity index (χ2n) is 5.21. The number of anilines is 1. The molecule has 0 amide bonds. The maximum absolute atomic E-state index is 12.6. The first-order chi connectivity index (χ1) is 8.22. The van der Waals surface area contributed by atoms with Gasteiger partial charge in [0.1, 0.15) is 0 Å². The van der Waals surface area contributed by atoms with Crippen molar-refractivity contribution in [2.45, 2.75) is 38.9 Å². The Morgan fingerprint density at radius 3 is 2.44 bits per heavy atom. The van der Waals surface area contributed by atoms with Crippen molar-refractivity contribution in [3.05, 3.63) is 28.8 Å². The quantitative estimate of drug-likeness (QED) is 0.823. The van der Waals surface area contributed by atoms with E-state index in [2.05, 4.69) is 12.2 Å². The highest BCUT2D eigenvalue weighted by Crippen LogP contribution is 2.49. The summed E-state index contributed by atoms with van der Waals surface area (Å²) in [4.78, 5) is 0. The Bertz CT molecular complexity index is 452. The minimum atomic E-state index is -4.34. The summed E-state index contributed by atoms with van der Waals surface area (Å²) in [5, 5.41) is 3.41. The molecule has 1 aromatic carbocycles. The summed E-state index contributed by atoms with van der Waals surface area (Å²) in [7, 11) is 0. The van der Waals surface area contributed by atoms with Gasteiger partial charge in [-0.25, -0.2) is 0 Å². The number of halogens is 4. The lowest BCUT2D eigenvalue weighted by Gasteiger charge is -2.23. The monoisotopic (exact) mass is 277 g/mol. The van der Waals surface area contributed by atoms with Crippen molar-refractivity contribution < 1.29 is 13.2 Å². The van der Waals surface area contributed by atoms with Crippen LogP contribution in [0.25, 0.3) is 0 Å². The fraction of sp³-hybridized carbons (Fsp3) is 0.538. The minimum absolute atomic E-state index is 0.110. The fourth-order valence-electron chi connectivity index (χ4n) is 1.85. The van der Waals surface area contributed by atoms with Gasteiger partial charge in [-0.2, -0.15) is 13.2 Å². The Labute approximate surface area is 109 Å². The fourth-order valence-corrected chi connectivity index (χ4v) is 2.02. The van der Waals surface area contributed by atoms with Crippen molar-refractivity contribution in [2.24, 2.45) is 5.41 Å². The molecule has 18 heavy (non-hydrogen) atoms. The van der Waals surface area contributed by atoms with Crippen LogP contribution in [-0.2, 0) is 6.18 Å². The highest BCUT2D eigenvalue weighted by Gasteiger charge is 2.42. The van der Waals surface area contributed by atoms with Crippen molar-refractivity contribution in [3.8, 4) is 0 Å². The molecule has 0 radical (unpaired) electrons. The SMILES string of the molecule is CC(Nc1cc(C(F)(F)F)ccc1Cl)C1(C)CC1. The van der Waals surface area contributed by atoms with Gasteiger partial charge in [-0.3, -0.25) is 0 Å². The van der Waals surface area contributed by atoms with Crippen molar-refractivity contribution >= 4 is 17.3 Å². The number of rotatable bonds is 3. The molecule has 100 valence electrons. The predicted octanol–water partition coefficient (Wildman–Crippen LogP) is 4.96. The Balaban J connectivity index is 2.21. The average Bonchev–Trinajstić information content (AvgIpc) is 2.99. The van der Waals surface area contributed by atoms with Crippen molar-refractivity contribution in [3.63, 3.8) is 0 Å². The zero-order chi connectivity index (χ0) is 13.6. The van der Waals surface area contributed by atoms with E-state index >= 15 is 0 Å². The summed E-state index contributed by atoms with van der Waals surface area (Å²) in [6.45, 7) is 4.09. The average molecular weight is 278 g/mol. The summed E-state index contributed by atoms with van der Waals surface area (Å²) >= 11 is 5.93. The van der Waals surface area contributed by atoms with Crippen LogP contribution in [0.3, 0.4) is 0 Å². The first-order valence-electron chi connectivity index (χ1n) is 5.86. The number of alkyl halides is 3. The molecular weight excluding hydrogens is 263 g/mol. The second-order valence-corrected chi connectivity index (χ2v) is 5.62. The molecule has 1 nitrogen and oxygen atoms in total. The van der Waals surface area contributed by atoms with Crippen LogP contribution in [-0.4, -0.2) is 6.04 Å². The van der Waals surface area contributed by atoms with E-state index in [1.54, 1.807) is 0 Å². The molecule has 0 aromatic heterocycles. The van der Waals surface area contributed by atoms with E-state index < -0.39 is 11.7 Å². The number of hydrogen-bond acceptors (Lipinski definition) is 1. The number of benzene rings is 1. The number of hydrogen-bond donors (Lipinski definition) is 1. The van der Waals surface area contributed by atoms with Gasteiger partial charge < -0.3 is 5.32 Å². The molecule has 1 aromatic rings. The first-order valence-corrected chi connectivity index (χ1v) is 6.23. The third-order valence-corrected chi connectivity index (χ3v) is 4.08. The van der Waals surface area contributed by atoms with E-state index in [0.29, 0.717) is 10.7 Å². The standard InChI is InChI=1S/C13H15ClF3N/c1-8(12(2)5-6-12)18-11-7-9(13(15,16)17)3-4-10(11)14/h3-4,7-8,18H,5-6H2,1-2H3. The van der Waals surface area contributed by atoms with E-state index in [0.717, 1.165) is 25.0 Å². The zero-order valence-electron chi connectivity index (χ0n) is 10.2. The summed E-state index contributed by atoms with van der Waals surface area (Å²) in [6, 6.07) is 3.47. The van der Waals surface area contributed by atoms with Crippen molar-refractivity contribution in [1.29, 1.82) is 0 Å². The Kier molecular flexibility index (Phi) is 3.26. The molecule has 1 aliphatic carbocycles. The van der Waals surface area contributed by atoms with Crippen molar-refractivity contribution in [1.82, 2.24) is 0 Å². The third-order valence-electron chi connectivity index (χ3n) is 3.75. The van der Waals surface area contributed by atoms with Gasteiger partial charge in [0.05, 0.1) is 16.3 Å². The van der Waals surface area contributed by atoms with Gasteiger partial charge in [-0.15, -0.1) is 0 Å². The largest absolute Gasteiger partial charge is 0.416 e. The van der Waals surface area contributed by atoms with E-state index in [4.69, 9.17) is 11.6 Å². The summed E-state index contributed by atoms with van der Waals surface area (Å²) in [6.07, 6.45) is -2.15. The van der Waals surface area contributed by atoms with E-state index in [1.165, 1.54) is 6.07 Å². The molecule has 5 heteroatoms. The predicted molar refractivity (Wildman–Crippen MR) is 66.9 cm³/mol. The van der Waals surface area contributed by atoms with Crippen LogP contribution in [0.4, 0.5) is 18.9 Å². The van der Waals surface area contributed by atoms with Crippen LogP contribution in [0, 0.1) is 5.41 Å². The topological polar surface area (TPSA) is 12.0 Å². The van der Waals surface area contributed by atoms with Crippen LogP contribution in [0.15, 0.2) is 18.2 Å². The molecule has 1 aliphatic rings. The highest BCUT2D eigenvalue weighted by molar-refractivity contribution is 6.33. The Hall–Kier alpha value is -0.900. The Morgan fingerprint density at radius 1 is 1.33 bits per heavy atom. The van der Waals surface area contributed by atoms with Crippen LogP contribution in [0.1, 0.15) is 32.3 Å². The molecule has 1 saturated carbocycles. The van der Waals surface area contributed by atoms with Crippen LogP contribution in [0.5, 0.6) is 0 Å². The van der Waals surface area contributed by atoms with Gasteiger partial charge in [-0.05, 0) is 43.4 Å². The molecule has 0 saturated heterocycles. The maximum Gasteiger partial charge on any atom is 0.416 e. The van der Waals surface area contributed by atoms with Crippen molar-refractivity contribution in [2.75, 3.05) is 5.32 Å². The number of nitrogens with one attached hydrogen (secondary N) is 1. The molecule has 1 unspecified atom stereocenters. The lowest BCUT2D eigenvalue weighted by Crippen LogP contribution is -2.25. The highest BCUT2D eigenvalue weighted by atomic mass is 35.5. The Morgan fingerprint density at radius 2 is 1.94 bits per heavy atom. The lowest BCUT2D eigenvalue weighted by atomic mass is 10.0. The van der Waals surface area contributed by atoms with Crippen LogP contribution in [0.2, 0.25) is 5.02 Å². The van der Waals surface area contributed by atoms with Gasteiger partial charge in [-0.1, -0.05) is 18.5 Å². The van der Waals surface area contributed by atoms with Gasteiger partial charge in [0.15, 0.2) is 0 Å². The molecule has 1 fully saturated rings. The third kappa shape index (κ3) is 2.74. The molecule has 0 heterocycles. The molecular formula is C13H15ClF3N. The van der Waals surface area contributed by atoms with E-state index in [-0.39, 0.29) is 11.5 Å². The van der Waals surface area contributed by atoms with Crippen LogP contribution < -0.4 is 5.32 Å². The molecule has 0 aliphatic heterocycles. The first kappa shape index (κ1) is 13.5. The zero-order valence-corrected chi connectivity index (χ0v) is 11.0. The normalized spacial score (nSPS) is 19.4. The second kappa shape index (κ2) is 4.34. The minimum Gasteiger partial charge on any atom is -0.381 e. The molecule has 1 N–H and O–H groups in total. The van der Waals surface area contributed by atoms with Gasteiger partial charge >= 0.3 is 6.18 Å². The summed E-state index contributed by atoms with van der Waals surface area (Å²) < 4.78 is 37.8. The lowest BCUT2D eigenvalue weighted by molar-refractivity contribution is -0.137. The van der Waals surface area contributed by atoms with E-state index in [9.17, 15) is 13.2 Å². The molecule has 0 spiro atoms. The van der Waals surface area contributed by atoms with Gasteiger partial charge in [0.25, 0.3) is 0 Å². The summed E-state index contributed by atoms with van der Waals surface area (Å²) in [5.74, 6) is 0. The smallest absolute Gasteiger partial charge is 0.381 e. The maximum atomic E-state index is 12.6. The molecule has 1 atom stereocenters. The summed E-state index contributed by atoms with van der Waals surface area (Å²) in [5.41, 5.74) is -0.146. The molecule has 2 rings (SSSR count). The van der Waals surface area contributed by atoms with Gasteiger partial charge in [0, 0.05) is 6.04 Å². The van der Waals surface area contributed by atoms with Gasteiger partial charge in [0.2, 0.25) is 0 Å². The van der Waals surface area contributed by atoms with E-state index in [1.807, 2.05) is 6.92 Å².